The molecule has 1 aliphatic carbocycles. The van der Waals surface area contributed by atoms with E-state index in [9.17, 15) is 4.79 Å². The fraction of sp³-hybridized carbons (Fsp3) is 0.923. The van der Waals surface area contributed by atoms with E-state index in [2.05, 4.69) is 5.32 Å². The minimum Gasteiger partial charge on any atom is -0.444 e. The van der Waals surface area contributed by atoms with Crippen molar-refractivity contribution in [3.05, 3.63) is 0 Å². The summed E-state index contributed by atoms with van der Waals surface area (Å²) in [5, 5.41) is 3.50. The number of likely N-dealkylation sites (tertiary alicyclic amines) is 1. The first-order chi connectivity index (χ1) is 7.94. The van der Waals surface area contributed by atoms with Crippen LogP contribution in [0.4, 0.5) is 4.79 Å². The number of rotatable bonds is 4. The maximum absolute atomic E-state index is 11.7. The first-order valence-electron chi connectivity index (χ1n) is 6.65. The predicted octanol–water partition coefficient (Wildman–Crippen LogP) is 2.00. The lowest BCUT2D eigenvalue weighted by atomic mass is 9.97. The molecule has 0 aromatic carbocycles. The van der Waals surface area contributed by atoms with Gasteiger partial charge in [0.1, 0.15) is 5.60 Å². The Morgan fingerprint density at radius 3 is 2.53 bits per heavy atom. The highest BCUT2D eigenvalue weighted by atomic mass is 16.6. The molecule has 4 nitrogen and oxygen atoms in total. The summed E-state index contributed by atoms with van der Waals surface area (Å²) in [5.41, 5.74) is -0.379. The SMILES string of the molecule is CC(C)(C)OC(=O)N1CC(CCNC2CC2)C1. The van der Waals surface area contributed by atoms with Crippen molar-refractivity contribution in [2.75, 3.05) is 19.6 Å². The molecule has 0 aromatic heterocycles. The van der Waals surface area contributed by atoms with Crippen LogP contribution in [0, 0.1) is 5.92 Å². The van der Waals surface area contributed by atoms with Gasteiger partial charge in [0.15, 0.2) is 0 Å². The Morgan fingerprint density at radius 2 is 2.00 bits per heavy atom. The van der Waals surface area contributed by atoms with E-state index < -0.39 is 0 Å². The van der Waals surface area contributed by atoms with Crippen LogP contribution in [0.3, 0.4) is 0 Å². The lowest BCUT2D eigenvalue weighted by molar-refractivity contribution is -0.00203. The minimum absolute atomic E-state index is 0.163. The van der Waals surface area contributed by atoms with Crippen LogP contribution in [0.15, 0.2) is 0 Å². The van der Waals surface area contributed by atoms with Crippen LogP contribution in [0.25, 0.3) is 0 Å². The quantitative estimate of drug-likeness (QED) is 0.817. The Labute approximate surface area is 104 Å². The van der Waals surface area contributed by atoms with Crippen LogP contribution in [0.5, 0.6) is 0 Å². The van der Waals surface area contributed by atoms with E-state index in [4.69, 9.17) is 4.74 Å². The molecule has 1 saturated heterocycles. The van der Waals surface area contributed by atoms with Crippen molar-refractivity contribution in [2.45, 2.75) is 51.7 Å². The molecule has 1 saturated carbocycles. The Kier molecular flexibility index (Phi) is 3.61. The number of amides is 1. The zero-order valence-corrected chi connectivity index (χ0v) is 11.2. The number of carbonyl (C=O) groups excluding carboxylic acids is 1. The van der Waals surface area contributed by atoms with Gasteiger partial charge in [-0.15, -0.1) is 0 Å². The molecule has 0 spiro atoms. The average Bonchev–Trinajstić information content (AvgIpc) is 2.88. The highest BCUT2D eigenvalue weighted by Crippen LogP contribution is 2.23. The van der Waals surface area contributed by atoms with Gasteiger partial charge in [0.25, 0.3) is 0 Å². The van der Waals surface area contributed by atoms with Gasteiger partial charge < -0.3 is 15.0 Å². The molecule has 2 rings (SSSR count). The minimum atomic E-state index is -0.379. The molecule has 4 heteroatoms. The Hall–Kier alpha value is -0.770. The Balaban J connectivity index is 1.56. The Morgan fingerprint density at radius 1 is 1.35 bits per heavy atom. The van der Waals surface area contributed by atoms with Gasteiger partial charge >= 0.3 is 6.09 Å². The topological polar surface area (TPSA) is 41.6 Å². The summed E-state index contributed by atoms with van der Waals surface area (Å²) >= 11 is 0. The molecule has 0 radical (unpaired) electrons. The first-order valence-corrected chi connectivity index (χ1v) is 6.65. The van der Waals surface area contributed by atoms with E-state index >= 15 is 0 Å². The van der Waals surface area contributed by atoms with Gasteiger partial charge in [-0.05, 0) is 52.5 Å². The molecule has 1 aliphatic heterocycles. The van der Waals surface area contributed by atoms with Crippen LogP contribution < -0.4 is 5.32 Å². The van der Waals surface area contributed by atoms with Crippen LogP contribution in [-0.2, 0) is 4.74 Å². The summed E-state index contributed by atoms with van der Waals surface area (Å²) in [6, 6.07) is 0.789. The second-order valence-electron chi connectivity index (χ2n) is 6.27. The van der Waals surface area contributed by atoms with Crippen molar-refractivity contribution in [1.82, 2.24) is 10.2 Å². The molecule has 98 valence electrons. The third-order valence-electron chi connectivity index (χ3n) is 3.17. The number of carbonyl (C=O) groups is 1. The molecular formula is C13H24N2O2. The standard InChI is InChI=1S/C13H24N2O2/c1-13(2,3)17-12(16)15-8-10(9-15)6-7-14-11-4-5-11/h10-11,14H,4-9H2,1-3H3. The molecule has 0 aromatic rings. The van der Waals surface area contributed by atoms with Gasteiger partial charge in [0.2, 0.25) is 0 Å². The Bertz CT molecular complexity index is 276. The molecule has 1 amide bonds. The van der Waals surface area contributed by atoms with E-state index in [1.54, 1.807) is 4.90 Å². The fourth-order valence-electron chi connectivity index (χ4n) is 2.01. The zero-order chi connectivity index (χ0) is 12.5. The largest absolute Gasteiger partial charge is 0.444 e. The monoisotopic (exact) mass is 240 g/mol. The molecule has 2 aliphatic rings. The van der Waals surface area contributed by atoms with Crippen LogP contribution >= 0.6 is 0 Å². The summed E-state index contributed by atoms with van der Waals surface area (Å²) in [6.07, 6.45) is 3.70. The molecule has 0 unspecified atom stereocenters. The fourth-order valence-corrected chi connectivity index (χ4v) is 2.01. The van der Waals surface area contributed by atoms with Gasteiger partial charge in [-0.1, -0.05) is 0 Å². The van der Waals surface area contributed by atoms with Crippen LogP contribution in [0.2, 0.25) is 0 Å². The average molecular weight is 240 g/mol. The molecule has 1 N–H and O–H groups in total. The number of hydrogen-bond donors (Lipinski definition) is 1. The van der Waals surface area contributed by atoms with E-state index in [0.717, 1.165) is 25.7 Å². The van der Waals surface area contributed by atoms with E-state index in [1.165, 1.54) is 19.3 Å². The molecule has 2 fully saturated rings. The molecule has 0 atom stereocenters. The molecule has 1 heterocycles. The van der Waals surface area contributed by atoms with Crippen molar-refractivity contribution < 1.29 is 9.53 Å². The van der Waals surface area contributed by atoms with Crippen molar-refractivity contribution in [1.29, 1.82) is 0 Å². The van der Waals surface area contributed by atoms with Crippen LogP contribution in [0.1, 0.15) is 40.0 Å². The number of nitrogens with zero attached hydrogens (tertiary/aromatic N) is 1. The molecular weight excluding hydrogens is 216 g/mol. The van der Waals surface area contributed by atoms with E-state index in [1.807, 2.05) is 20.8 Å². The van der Waals surface area contributed by atoms with Crippen molar-refractivity contribution in [3.63, 3.8) is 0 Å². The molecule has 0 bridgehead atoms. The van der Waals surface area contributed by atoms with Crippen molar-refractivity contribution in [3.8, 4) is 0 Å². The number of ether oxygens (including phenoxy) is 1. The summed E-state index contributed by atoms with van der Waals surface area (Å²) in [6.45, 7) is 8.53. The normalized spacial score (nSPS) is 21.2. The van der Waals surface area contributed by atoms with E-state index in [-0.39, 0.29) is 11.7 Å². The predicted molar refractivity (Wildman–Crippen MR) is 66.9 cm³/mol. The maximum atomic E-state index is 11.7. The summed E-state index contributed by atoms with van der Waals surface area (Å²) < 4.78 is 5.31. The highest BCUT2D eigenvalue weighted by molar-refractivity contribution is 5.69. The lowest BCUT2D eigenvalue weighted by Gasteiger charge is -2.39. The number of nitrogens with one attached hydrogen (secondary N) is 1. The number of hydrogen-bond acceptors (Lipinski definition) is 3. The smallest absolute Gasteiger partial charge is 0.410 e. The third-order valence-corrected chi connectivity index (χ3v) is 3.17. The highest BCUT2D eigenvalue weighted by Gasteiger charge is 2.33. The van der Waals surface area contributed by atoms with Gasteiger partial charge in [-0.2, -0.15) is 0 Å². The van der Waals surface area contributed by atoms with Gasteiger partial charge in [0.05, 0.1) is 0 Å². The second-order valence-corrected chi connectivity index (χ2v) is 6.27. The van der Waals surface area contributed by atoms with Crippen LogP contribution in [-0.4, -0.2) is 42.3 Å². The van der Waals surface area contributed by atoms with Gasteiger partial charge in [-0.25, -0.2) is 4.79 Å². The van der Waals surface area contributed by atoms with Crippen molar-refractivity contribution in [2.24, 2.45) is 5.92 Å². The summed E-state index contributed by atoms with van der Waals surface area (Å²) in [5.74, 6) is 0.661. The zero-order valence-electron chi connectivity index (χ0n) is 11.2. The van der Waals surface area contributed by atoms with Crippen molar-refractivity contribution >= 4 is 6.09 Å². The van der Waals surface area contributed by atoms with Gasteiger partial charge in [0, 0.05) is 19.1 Å². The van der Waals surface area contributed by atoms with Gasteiger partial charge in [-0.3, -0.25) is 0 Å². The van der Waals surface area contributed by atoms with E-state index in [0.29, 0.717) is 5.92 Å². The molecule has 17 heavy (non-hydrogen) atoms. The first kappa shape index (κ1) is 12.7. The lowest BCUT2D eigenvalue weighted by Crippen LogP contribution is -2.52. The summed E-state index contributed by atoms with van der Waals surface area (Å²) in [4.78, 5) is 13.5. The second kappa shape index (κ2) is 4.84. The maximum Gasteiger partial charge on any atom is 0.410 e. The third kappa shape index (κ3) is 4.19. The summed E-state index contributed by atoms with van der Waals surface area (Å²) in [7, 11) is 0.